The van der Waals surface area contributed by atoms with Gasteiger partial charge < -0.3 is 19.8 Å². The van der Waals surface area contributed by atoms with E-state index >= 15 is 0 Å². The summed E-state index contributed by atoms with van der Waals surface area (Å²) in [5.74, 6) is -0.672. The van der Waals surface area contributed by atoms with Crippen molar-refractivity contribution in [1.29, 1.82) is 0 Å². The van der Waals surface area contributed by atoms with Crippen LogP contribution in [0.5, 0.6) is 5.75 Å². The van der Waals surface area contributed by atoms with Gasteiger partial charge in [0, 0.05) is 31.2 Å². The van der Waals surface area contributed by atoms with Crippen LogP contribution in [0.4, 0.5) is 8.78 Å². The summed E-state index contributed by atoms with van der Waals surface area (Å²) in [6.45, 7) is -2.55. The van der Waals surface area contributed by atoms with Crippen LogP contribution in [0.3, 0.4) is 0 Å². The highest BCUT2D eigenvalue weighted by molar-refractivity contribution is 5.94. The van der Waals surface area contributed by atoms with E-state index in [9.17, 15) is 18.7 Å². The summed E-state index contributed by atoms with van der Waals surface area (Å²) >= 11 is 0. The van der Waals surface area contributed by atoms with E-state index in [1.54, 1.807) is 0 Å². The van der Waals surface area contributed by atoms with Crippen molar-refractivity contribution in [3.63, 3.8) is 0 Å². The molecule has 0 aliphatic carbocycles. The number of piperidine rings is 1. The predicted molar refractivity (Wildman–Crippen MR) is 70.2 cm³/mol. The van der Waals surface area contributed by atoms with Crippen LogP contribution in [0.25, 0.3) is 0 Å². The van der Waals surface area contributed by atoms with Gasteiger partial charge in [-0.2, -0.15) is 8.78 Å². The molecular weight excluding hydrogens is 284 g/mol. The van der Waals surface area contributed by atoms with E-state index in [1.807, 2.05) is 0 Å². The summed E-state index contributed by atoms with van der Waals surface area (Å²) in [7, 11) is 0. The third-order valence-corrected chi connectivity index (χ3v) is 3.55. The van der Waals surface area contributed by atoms with Gasteiger partial charge in [-0.15, -0.1) is 0 Å². The molecule has 1 aromatic rings. The van der Waals surface area contributed by atoms with Crippen molar-refractivity contribution >= 4 is 5.91 Å². The number of likely N-dealkylation sites (tertiary alicyclic amines) is 1. The fraction of sp³-hybridized carbons (Fsp3) is 0.500. The Balaban J connectivity index is 2.06. The van der Waals surface area contributed by atoms with E-state index in [2.05, 4.69) is 4.74 Å². The molecular formula is C14H17F2NO4. The third-order valence-electron chi connectivity index (χ3n) is 3.55. The highest BCUT2D eigenvalue weighted by Gasteiger charge is 2.30. The fourth-order valence-electron chi connectivity index (χ4n) is 2.37. The van der Waals surface area contributed by atoms with Crippen LogP contribution < -0.4 is 4.74 Å². The number of hydrogen-bond acceptors (Lipinski definition) is 4. The van der Waals surface area contributed by atoms with Gasteiger partial charge in [0.25, 0.3) is 5.91 Å². The molecule has 0 unspecified atom stereocenters. The van der Waals surface area contributed by atoms with Crippen molar-refractivity contribution < 1.29 is 28.5 Å². The molecule has 2 N–H and O–H groups in total. The molecule has 1 heterocycles. The molecule has 2 atom stereocenters. The lowest BCUT2D eigenvalue weighted by Crippen LogP contribution is -2.47. The number of ether oxygens (including phenoxy) is 1. The Hall–Kier alpha value is -1.73. The van der Waals surface area contributed by atoms with Crippen molar-refractivity contribution in [2.75, 3.05) is 19.7 Å². The molecule has 0 aromatic heterocycles. The number of carbonyl (C=O) groups excluding carboxylic acids is 1. The van der Waals surface area contributed by atoms with Crippen LogP contribution in [0, 0.1) is 5.92 Å². The summed E-state index contributed by atoms with van der Waals surface area (Å²) in [5.41, 5.74) is 0.225. The molecule has 21 heavy (non-hydrogen) atoms. The van der Waals surface area contributed by atoms with E-state index in [-0.39, 0.29) is 36.3 Å². The number of benzene rings is 1. The number of alkyl halides is 2. The van der Waals surface area contributed by atoms with Gasteiger partial charge in [0.1, 0.15) is 5.75 Å². The highest BCUT2D eigenvalue weighted by Crippen LogP contribution is 2.21. The molecule has 0 spiro atoms. The first-order valence-corrected chi connectivity index (χ1v) is 6.64. The zero-order valence-electron chi connectivity index (χ0n) is 11.3. The number of carbonyl (C=O) groups is 1. The SMILES string of the molecule is O=C(c1cccc(OC(F)F)c1)N1CC[C@H](CO)[C@@H](O)C1. The van der Waals surface area contributed by atoms with Crippen LogP contribution in [-0.2, 0) is 0 Å². The van der Waals surface area contributed by atoms with E-state index in [1.165, 1.54) is 29.2 Å². The average molecular weight is 301 g/mol. The van der Waals surface area contributed by atoms with Gasteiger partial charge in [0.05, 0.1) is 6.10 Å². The van der Waals surface area contributed by atoms with Crippen LogP contribution in [0.1, 0.15) is 16.8 Å². The Labute approximate surface area is 120 Å². The van der Waals surface area contributed by atoms with Crippen molar-refractivity contribution in [3.05, 3.63) is 29.8 Å². The highest BCUT2D eigenvalue weighted by atomic mass is 19.3. The molecule has 0 bridgehead atoms. The number of hydrogen-bond donors (Lipinski definition) is 2. The normalized spacial score (nSPS) is 22.4. The number of rotatable bonds is 4. The summed E-state index contributed by atoms with van der Waals surface area (Å²) in [6, 6.07) is 5.56. The predicted octanol–water partition coefficient (Wildman–Crippen LogP) is 1.10. The molecule has 2 rings (SSSR count). The monoisotopic (exact) mass is 301 g/mol. The second-order valence-corrected chi connectivity index (χ2v) is 4.96. The molecule has 7 heteroatoms. The number of aliphatic hydroxyl groups is 2. The minimum absolute atomic E-state index is 0.0818. The van der Waals surface area contributed by atoms with E-state index in [4.69, 9.17) is 5.11 Å². The lowest BCUT2D eigenvalue weighted by molar-refractivity contribution is -0.0499. The molecule has 1 aliphatic rings. The Bertz CT molecular complexity index is 498. The molecule has 0 radical (unpaired) electrons. The van der Waals surface area contributed by atoms with Gasteiger partial charge in [-0.3, -0.25) is 4.79 Å². The minimum Gasteiger partial charge on any atom is -0.435 e. The molecule has 1 aromatic carbocycles. The first kappa shape index (κ1) is 15.7. The quantitative estimate of drug-likeness (QED) is 0.874. The zero-order chi connectivity index (χ0) is 15.4. The standard InChI is InChI=1S/C14H17F2NO4/c15-14(16)21-11-3-1-2-9(6-11)13(20)17-5-4-10(8-18)12(19)7-17/h1-3,6,10,12,14,18-19H,4-5,7-8H2/t10-,12+/m1/s1. The van der Waals surface area contributed by atoms with Gasteiger partial charge in [0.15, 0.2) is 0 Å². The van der Waals surface area contributed by atoms with E-state index < -0.39 is 12.7 Å². The molecule has 5 nitrogen and oxygen atoms in total. The molecule has 1 aliphatic heterocycles. The second kappa shape index (κ2) is 6.82. The molecule has 1 amide bonds. The maximum Gasteiger partial charge on any atom is 0.387 e. The number of amides is 1. The Morgan fingerprint density at radius 2 is 2.24 bits per heavy atom. The van der Waals surface area contributed by atoms with Gasteiger partial charge in [-0.05, 0) is 24.6 Å². The number of halogens is 2. The summed E-state index contributed by atoms with van der Waals surface area (Å²) < 4.78 is 28.6. The number of β-amino-alcohol motifs (C(OH)–C–C–N with tert-alkyl or cyclic N) is 1. The van der Waals surface area contributed by atoms with Crippen LogP contribution in [-0.4, -0.2) is 53.4 Å². The molecule has 1 saturated heterocycles. The molecule has 0 saturated carbocycles. The summed E-state index contributed by atoms with van der Waals surface area (Å²) in [4.78, 5) is 13.7. The van der Waals surface area contributed by atoms with Crippen LogP contribution >= 0.6 is 0 Å². The largest absolute Gasteiger partial charge is 0.435 e. The van der Waals surface area contributed by atoms with Crippen molar-refractivity contribution in [2.45, 2.75) is 19.1 Å². The summed E-state index contributed by atoms with van der Waals surface area (Å²) in [5, 5.41) is 18.9. The van der Waals surface area contributed by atoms with E-state index in [0.29, 0.717) is 13.0 Å². The minimum atomic E-state index is -2.95. The fourth-order valence-corrected chi connectivity index (χ4v) is 2.37. The van der Waals surface area contributed by atoms with Gasteiger partial charge in [-0.1, -0.05) is 6.07 Å². The maximum atomic E-state index is 12.3. The number of nitrogens with zero attached hydrogens (tertiary/aromatic N) is 1. The number of aliphatic hydroxyl groups excluding tert-OH is 2. The maximum absolute atomic E-state index is 12.3. The van der Waals surface area contributed by atoms with Crippen molar-refractivity contribution in [1.82, 2.24) is 4.90 Å². The first-order chi connectivity index (χ1) is 10.0. The van der Waals surface area contributed by atoms with Crippen LogP contribution in [0.15, 0.2) is 24.3 Å². The van der Waals surface area contributed by atoms with Crippen molar-refractivity contribution in [2.24, 2.45) is 5.92 Å². The van der Waals surface area contributed by atoms with Gasteiger partial charge in [-0.25, -0.2) is 0 Å². The molecule has 116 valence electrons. The van der Waals surface area contributed by atoms with E-state index in [0.717, 1.165) is 0 Å². The third kappa shape index (κ3) is 3.89. The van der Waals surface area contributed by atoms with Crippen molar-refractivity contribution in [3.8, 4) is 5.75 Å². The smallest absolute Gasteiger partial charge is 0.387 e. The summed E-state index contributed by atoms with van der Waals surface area (Å²) in [6.07, 6.45) is -0.287. The van der Waals surface area contributed by atoms with Gasteiger partial charge >= 0.3 is 6.61 Å². The Morgan fingerprint density at radius 3 is 2.86 bits per heavy atom. The second-order valence-electron chi connectivity index (χ2n) is 4.96. The topological polar surface area (TPSA) is 70.0 Å². The molecule has 1 fully saturated rings. The lowest BCUT2D eigenvalue weighted by Gasteiger charge is -2.35. The Kier molecular flexibility index (Phi) is 5.08. The average Bonchev–Trinajstić information content (AvgIpc) is 2.46. The first-order valence-electron chi connectivity index (χ1n) is 6.64. The lowest BCUT2D eigenvalue weighted by atomic mass is 9.94. The zero-order valence-corrected chi connectivity index (χ0v) is 11.3. The Morgan fingerprint density at radius 1 is 1.48 bits per heavy atom. The van der Waals surface area contributed by atoms with Crippen LogP contribution in [0.2, 0.25) is 0 Å². The van der Waals surface area contributed by atoms with Gasteiger partial charge in [0.2, 0.25) is 0 Å².